The fourth-order valence-corrected chi connectivity index (χ4v) is 2.96. The highest BCUT2D eigenvalue weighted by Gasteiger charge is 2.25. The van der Waals surface area contributed by atoms with Crippen LogP contribution in [0, 0.1) is 11.3 Å². The summed E-state index contributed by atoms with van der Waals surface area (Å²) in [6.45, 7) is 6.43. The van der Waals surface area contributed by atoms with Gasteiger partial charge in [0.05, 0.1) is 6.61 Å². The molecule has 1 fully saturated rings. The van der Waals surface area contributed by atoms with Crippen LogP contribution in [0.3, 0.4) is 0 Å². The largest absolute Gasteiger partial charge is 0.381 e. The highest BCUT2D eigenvalue weighted by molar-refractivity contribution is 9.09. The van der Waals surface area contributed by atoms with E-state index in [2.05, 4.69) is 29.8 Å². The molecule has 0 spiro atoms. The van der Waals surface area contributed by atoms with Gasteiger partial charge in [-0.25, -0.2) is 0 Å². The van der Waals surface area contributed by atoms with Crippen molar-refractivity contribution in [2.45, 2.75) is 52.4 Å². The number of hydrogen-bond donors (Lipinski definition) is 0. The molecule has 1 aliphatic rings. The third-order valence-corrected chi connectivity index (χ3v) is 5.28. The SMILES string of the molecule is CCC(CC)(CBr)COCCC1CCC1. The van der Waals surface area contributed by atoms with Crippen LogP contribution in [0.5, 0.6) is 0 Å². The summed E-state index contributed by atoms with van der Waals surface area (Å²) < 4.78 is 5.85. The van der Waals surface area contributed by atoms with Crippen LogP contribution < -0.4 is 0 Å². The molecule has 0 amide bonds. The van der Waals surface area contributed by atoms with Crippen molar-refractivity contribution in [1.29, 1.82) is 0 Å². The van der Waals surface area contributed by atoms with Crippen molar-refractivity contribution in [1.82, 2.24) is 0 Å². The Labute approximate surface area is 103 Å². The molecule has 0 aromatic rings. The van der Waals surface area contributed by atoms with Gasteiger partial charge in [0.2, 0.25) is 0 Å². The van der Waals surface area contributed by atoms with E-state index < -0.39 is 0 Å². The number of halogens is 1. The maximum atomic E-state index is 5.85. The topological polar surface area (TPSA) is 9.23 Å². The standard InChI is InChI=1S/C13H25BrO/c1-3-13(4-2,10-14)11-15-9-8-12-6-5-7-12/h12H,3-11H2,1-2H3. The summed E-state index contributed by atoms with van der Waals surface area (Å²) in [5.41, 5.74) is 0.375. The van der Waals surface area contributed by atoms with Crippen molar-refractivity contribution in [3.05, 3.63) is 0 Å². The van der Waals surface area contributed by atoms with E-state index in [-0.39, 0.29) is 0 Å². The molecule has 0 heterocycles. The molecule has 90 valence electrons. The first-order chi connectivity index (χ1) is 7.26. The molecule has 0 radical (unpaired) electrons. The summed E-state index contributed by atoms with van der Waals surface area (Å²) in [7, 11) is 0. The summed E-state index contributed by atoms with van der Waals surface area (Å²) in [6, 6.07) is 0. The predicted octanol–water partition coefficient (Wildman–Crippen LogP) is 4.39. The Morgan fingerprint density at radius 2 is 1.93 bits per heavy atom. The zero-order valence-electron chi connectivity index (χ0n) is 10.2. The molecule has 0 aliphatic heterocycles. The lowest BCUT2D eigenvalue weighted by Gasteiger charge is -2.30. The second-order valence-electron chi connectivity index (χ2n) is 4.98. The van der Waals surface area contributed by atoms with E-state index in [1.807, 2.05) is 0 Å². The third kappa shape index (κ3) is 4.07. The first-order valence-electron chi connectivity index (χ1n) is 6.40. The fourth-order valence-electron chi connectivity index (χ4n) is 2.00. The quantitative estimate of drug-likeness (QED) is 0.472. The Kier molecular flexibility index (Phi) is 6.21. The number of hydrogen-bond acceptors (Lipinski definition) is 1. The van der Waals surface area contributed by atoms with Crippen molar-refractivity contribution in [2.24, 2.45) is 11.3 Å². The van der Waals surface area contributed by atoms with E-state index in [0.717, 1.165) is 24.5 Å². The van der Waals surface area contributed by atoms with Gasteiger partial charge in [-0.15, -0.1) is 0 Å². The van der Waals surface area contributed by atoms with Crippen molar-refractivity contribution in [3.63, 3.8) is 0 Å². The summed E-state index contributed by atoms with van der Waals surface area (Å²) in [4.78, 5) is 0. The van der Waals surface area contributed by atoms with E-state index in [1.54, 1.807) is 0 Å². The molecule has 0 aromatic heterocycles. The minimum Gasteiger partial charge on any atom is -0.381 e. The Bertz CT molecular complexity index is 154. The smallest absolute Gasteiger partial charge is 0.0530 e. The lowest BCUT2D eigenvalue weighted by Crippen LogP contribution is -2.28. The molecular formula is C13H25BrO. The van der Waals surface area contributed by atoms with Gasteiger partial charge in [0.25, 0.3) is 0 Å². The fraction of sp³-hybridized carbons (Fsp3) is 1.00. The Hall–Kier alpha value is 0.440. The Morgan fingerprint density at radius 3 is 2.33 bits per heavy atom. The van der Waals surface area contributed by atoms with E-state index in [0.29, 0.717) is 5.41 Å². The van der Waals surface area contributed by atoms with Crippen LogP contribution in [-0.2, 0) is 4.74 Å². The van der Waals surface area contributed by atoms with Crippen LogP contribution in [0.2, 0.25) is 0 Å². The molecule has 2 heteroatoms. The molecule has 0 N–H and O–H groups in total. The van der Waals surface area contributed by atoms with E-state index in [1.165, 1.54) is 38.5 Å². The van der Waals surface area contributed by atoms with Gasteiger partial charge in [0.1, 0.15) is 0 Å². The highest BCUT2D eigenvalue weighted by Crippen LogP contribution is 2.31. The maximum absolute atomic E-state index is 5.85. The van der Waals surface area contributed by atoms with Crippen molar-refractivity contribution in [2.75, 3.05) is 18.5 Å². The summed E-state index contributed by atoms with van der Waals surface area (Å²) in [6.07, 6.45) is 8.02. The van der Waals surface area contributed by atoms with E-state index in [4.69, 9.17) is 4.74 Å². The number of rotatable bonds is 8. The van der Waals surface area contributed by atoms with Crippen molar-refractivity contribution < 1.29 is 4.74 Å². The second-order valence-corrected chi connectivity index (χ2v) is 5.54. The molecule has 0 unspecified atom stereocenters. The van der Waals surface area contributed by atoms with Gasteiger partial charge in [0, 0.05) is 17.4 Å². The minimum atomic E-state index is 0.375. The van der Waals surface area contributed by atoms with Crippen LogP contribution in [0.4, 0.5) is 0 Å². The molecule has 1 nitrogen and oxygen atoms in total. The highest BCUT2D eigenvalue weighted by atomic mass is 79.9. The molecule has 1 aliphatic carbocycles. The molecule has 15 heavy (non-hydrogen) atoms. The second kappa shape index (κ2) is 6.90. The van der Waals surface area contributed by atoms with Gasteiger partial charge in [-0.2, -0.15) is 0 Å². The maximum Gasteiger partial charge on any atom is 0.0530 e. The molecule has 0 aromatic carbocycles. The van der Waals surface area contributed by atoms with Crippen LogP contribution in [0.1, 0.15) is 52.4 Å². The van der Waals surface area contributed by atoms with Gasteiger partial charge in [0.15, 0.2) is 0 Å². The first-order valence-corrected chi connectivity index (χ1v) is 7.52. The molecule has 0 atom stereocenters. The molecule has 0 saturated heterocycles. The van der Waals surface area contributed by atoms with Crippen molar-refractivity contribution >= 4 is 15.9 Å². The Morgan fingerprint density at radius 1 is 1.27 bits per heavy atom. The van der Waals surface area contributed by atoms with Crippen molar-refractivity contribution in [3.8, 4) is 0 Å². The molecule has 1 saturated carbocycles. The zero-order valence-corrected chi connectivity index (χ0v) is 11.8. The van der Waals surface area contributed by atoms with Gasteiger partial charge in [-0.05, 0) is 25.2 Å². The third-order valence-electron chi connectivity index (χ3n) is 4.09. The van der Waals surface area contributed by atoms with E-state index >= 15 is 0 Å². The van der Waals surface area contributed by atoms with Crippen LogP contribution in [0.25, 0.3) is 0 Å². The monoisotopic (exact) mass is 276 g/mol. The predicted molar refractivity (Wildman–Crippen MR) is 69.6 cm³/mol. The van der Waals surface area contributed by atoms with Gasteiger partial charge in [-0.1, -0.05) is 49.0 Å². The number of ether oxygens (including phenoxy) is 1. The number of alkyl halides is 1. The van der Waals surface area contributed by atoms with Crippen LogP contribution in [-0.4, -0.2) is 18.5 Å². The van der Waals surface area contributed by atoms with Gasteiger partial charge in [-0.3, -0.25) is 0 Å². The molecular weight excluding hydrogens is 252 g/mol. The van der Waals surface area contributed by atoms with Gasteiger partial charge >= 0.3 is 0 Å². The zero-order chi connectivity index (χ0) is 11.1. The lowest BCUT2D eigenvalue weighted by atomic mass is 9.83. The Balaban J connectivity index is 2.09. The van der Waals surface area contributed by atoms with Crippen LogP contribution >= 0.6 is 15.9 Å². The first kappa shape index (κ1) is 13.5. The summed E-state index contributed by atoms with van der Waals surface area (Å²) >= 11 is 3.62. The summed E-state index contributed by atoms with van der Waals surface area (Å²) in [5, 5.41) is 1.07. The molecule has 0 bridgehead atoms. The normalized spacial score (nSPS) is 17.8. The average molecular weight is 277 g/mol. The lowest BCUT2D eigenvalue weighted by molar-refractivity contribution is 0.0389. The van der Waals surface area contributed by atoms with Gasteiger partial charge < -0.3 is 4.74 Å². The average Bonchev–Trinajstić information content (AvgIpc) is 2.22. The molecule has 1 rings (SSSR count). The van der Waals surface area contributed by atoms with Crippen LogP contribution in [0.15, 0.2) is 0 Å². The summed E-state index contributed by atoms with van der Waals surface area (Å²) in [5.74, 6) is 0.978. The van der Waals surface area contributed by atoms with E-state index in [9.17, 15) is 0 Å². The minimum absolute atomic E-state index is 0.375.